The summed E-state index contributed by atoms with van der Waals surface area (Å²) in [6.45, 7) is 7.56. The maximum Gasteiger partial charge on any atom is 0.326 e. The first-order valence-electron chi connectivity index (χ1n) is 14.1. The first-order valence-corrected chi connectivity index (χ1v) is 15.0. The summed E-state index contributed by atoms with van der Waals surface area (Å²) >= 11 is 1.57. The molecule has 3 aromatic rings. The third kappa shape index (κ3) is 10.9. The molecule has 2 atom stereocenters. The van der Waals surface area contributed by atoms with Crippen LogP contribution in [0.3, 0.4) is 0 Å². The van der Waals surface area contributed by atoms with Crippen molar-refractivity contribution in [2.24, 2.45) is 5.92 Å². The van der Waals surface area contributed by atoms with Crippen LogP contribution in [0.25, 0.3) is 0 Å². The van der Waals surface area contributed by atoms with Crippen LogP contribution in [-0.4, -0.2) is 46.6 Å². The van der Waals surface area contributed by atoms with E-state index in [4.69, 9.17) is 4.74 Å². The van der Waals surface area contributed by atoms with Crippen LogP contribution in [0.5, 0.6) is 5.75 Å². The van der Waals surface area contributed by atoms with Crippen molar-refractivity contribution < 1.29 is 24.2 Å². The molecule has 0 aliphatic heterocycles. The molecule has 3 amide bonds. The van der Waals surface area contributed by atoms with Gasteiger partial charge in [0.05, 0.1) is 13.2 Å². The highest BCUT2D eigenvalue weighted by Crippen LogP contribution is 2.18. The predicted octanol–water partition coefficient (Wildman–Crippen LogP) is 5.87. The summed E-state index contributed by atoms with van der Waals surface area (Å²) in [5, 5.41) is 17.1. The zero-order valence-electron chi connectivity index (χ0n) is 24.0. The van der Waals surface area contributed by atoms with E-state index in [1.807, 2.05) is 54.8 Å². The van der Waals surface area contributed by atoms with Gasteiger partial charge >= 0.3 is 12.0 Å². The number of unbranched alkanes of at least 4 members (excludes halogenated alkanes) is 1. The number of carbonyl (C=O) groups excluding carboxylic acids is 2. The highest BCUT2D eigenvalue weighted by atomic mass is 32.1. The van der Waals surface area contributed by atoms with Crippen LogP contribution in [0.2, 0.25) is 0 Å². The number of hydrogen-bond acceptors (Lipinski definition) is 5. The van der Waals surface area contributed by atoms with Crippen LogP contribution >= 0.6 is 11.3 Å². The third-order valence-corrected chi connectivity index (χ3v) is 7.32. The van der Waals surface area contributed by atoms with Crippen molar-refractivity contribution in [3.05, 3.63) is 88.1 Å². The van der Waals surface area contributed by atoms with Gasteiger partial charge in [-0.05, 0) is 47.0 Å². The Bertz CT molecular complexity index is 1220. The van der Waals surface area contributed by atoms with E-state index in [1.165, 1.54) is 0 Å². The number of rotatable bonds is 16. The minimum atomic E-state index is -1.16. The minimum Gasteiger partial charge on any atom is -0.493 e. The number of amides is 3. The largest absolute Gasteiger partial charge is 0.493 e. The quantitative estimate of drug-likeness (QED) is 0.197. The van der Waals surface area contributed by atoms with E-state index in [0.717, 1.165) is 28.8 Å². The van der Waals surface area contributed by atoms with E-state index in [9.17, 15) is 19.5 Å². The molecule has 3 rings (SSSR count). The highest BCUT2D eigenvalue weighted by Gasteiger charge is 2.28. The third-order valence-electron chi connectivity index (χ3n) is 6.45. The molecule has 0 aliphatic carbocycles. The molecule has 2 unspecified atom stereocenters. The molecule has 220 valence electrons. The molecule has 0 aliphatic rings. The molecule has 41 heavy (non-hydrogen) atoms. The van der Waals surface area contributed by atoms with Gasteiger partial charge in [-0.1, -0.05) is 82.1 Å². The van der Waals surface area contributed by atoms with Gasteiger partial charge in [0.25, 0.3) is 0 Å². The van der Waals surface area contributed by atoms with Gasteiger partial charge in [-0.3, -0.25) is 4.79 Å². The van der Waals surface area contributed by atoms with Crippen molar-refractivity contribution in [3.63, 3.8) is 0 Å². The van der Waals surface area contributed by atoms with Crippen LogP contribution in [0.1, 0.15) is 56.0 Å². The number of nitrogens with one attached hydrogen (secondary N) is 2. The van der Waals surface area contributed by atoms with Crippen molar-refractivity contribution >= 4 is 29.2 Å². The summed E-state index contributed by atoms with van der Waals surface area (Å²) in [5.41, 5.74) is 1.74. The molecule has 3 N–H and O–H groups in total. The molecule has 0 bridgehead atoms. The highest BCUT2D eigenvalue weighted by molar-refractivity contribution is 7.09. The van der Waals surface area contributed by atoms with E-state index >= 15 is 0 Å². The standard InChI is InChI=1S/C32H41N3O5S/c1-4-5-13-28(30(36)35(21-27-12-9-18-41-27)20-25-10-7-6-8-11-25)33-32(39)34-29(31(37)38)19-24-14-16-26(17-15-24)40-22-23(2)3/h6-12,14-18,23,28-29H,4-5,13,19-22H2,1-3H3,(H,37,38)(H2,33,34,39). The molecule has 0 saturated heterocycles. The fourth-order valence-corrected chi connectivity index (χ4v) is 4.99. The average molecular weight is 580 g/mol. The minimum absolute atomic E-state index is 0.0965. The van der Waals surface area contributed by atoms with E-state index in [1.54, 1.807) is 40.5 Å². The summed E-state index contributed by atoms with van der Waals surface area (Å²) in [7, 11) is 0. The first kappa shape index (κ1) is 31.7. The van der Waals surface area contributed by atoms with Gasteiger partial charge < -0.3 is 25.4 Å². The summed E-state index contributed by atoms with van der Waals surface area (Å²) in [6.07, 6.45) is 2.14. The Morgan fingerprint density at radius 3 is 2.22 bits per heavy atom. The zero-order valence-corrected chi connectivity index (χ0v) is 24.9. The second-order valence-electron chi connectivity index (χ2n) is 10.5. The molecule has 9 heteroatoms. The number of carbonyl (C=O) groups is 3. The molecule has 8 nitrogen and oxygen atoms in total. The van der Waals surface area contributed by atoms with Crippen LogP contribution in [0.15, 0.2) is 72.1 Å². The molecule has 1 aromatic heterocycles. The Labute approximate surface area is 246 Å². The number of ether oxygens (including phenoxy) is 1. The van der Waals surface area contributed by atoms with Crippen molar-refractivity contribution in [2.75, 3.05) is 6.61 Å². The maximum atomic E-state index is 13.8. The number of thiophene rings is 1. The van der Waals surface area contributed by atoms with Crippen LogP contribution in [0, 0.1) is 5.92 Å². The lowest BCUT2D eigenvalue weighted by atomic mass is 10.1. The first-order chi connectivity index (χ1) is 19.7. The van der Waals surface area contributed by atoms with Gasteiger partial charge in [0.15, 0.2) is 0 Å². The molecular formula is C32H41N3O5S. The summed E-state index contributed by atoms with van der Waals surface area (Å²) < 4.78 is 5.70. The zero-order chi connectivity index (χ0) is 29.6. The van der Waals surface area contributed by atoms with E-state index in [-0.39, 0.29) is 12.3 Å². The Hall–Kier alpha value is -3.85. The molecule has 0 spiro atoms. The summed E-state index contributed by atoms with van der Waals surface area (Å²) in [6, 6.07) is 18.2. The molecule has 0 radical (unpaired) electrons. The number of carboxylic acids is 1. The Balaban J connectivity index is 1.69. The fraction of sp³-hybridized carbons (Fsp3) is 0.406. The van der Waals surface area contributed by atoms with Gasteiger partial charge in [-0.25, -0.2) is 9.59 Å². The van der Waals surface area contributed by atoms with Gasteiger partial charge in [0, 0.05) is 17.8 Å². The number of carboxylic acid groups (broad SMARTS) is 1. The van der Waals surface area contributed by atoms with Gasteiger partial charge in [0.2, 0.25) is 5.91 Å². The Kier molecular flexibility index (Phi) is 12.7. The number of nitrogens with zero attached hydrogens (tertiary/aromatic N) is 1. The molecule has 1 heterocycles. The van der Waals surface area contributed by atoms with Crippen molar-refractivity contribution in [3.8, 4) is 5.75 Å². The topological polar surface area (TPSA) is 108 Å². The van der Waals surface area contributed by atoms with Gasteiger partial charge in [-0.2, -0.15) is 0 Å². The molecule has 0 fully saturated rings. The second kappa shape index (κ2) is 16.4. The number of aliphatic carboxylic acids is 1. The molecular weight excluding hydrogens is 538 g/mol. The van der Waals surface area contributed by atoms with E-state index < -0.39 is 24.1 Å². The predicted molar refractivity (Wildman–Crippen MR) is 162 cm³/mol. The van der Waals surface area contributed by atoms with E-state index in [0.29, 0.717) is 37.8 Å². The Morgan fingerprint density at radius 2 is 1.61 bits per heavy atom. The van der Waals surface area contributed by atoms with Gasteiger partial charge in [0.1, 0.15) is 17.8 Å². The summed E-state index contributed by atoms with van der Waals surface area (Å²) in [4.78, 5) is 41.7. The average Bonchev–Trinajstić information content (AvgIpc) is 3.47. The smallest absolute Gasteiger partial charge is 0.326 e. The lowest BCUT2D eigenvalue weighted by molar-refractivity contribution is -0.139. The van der Waals surface area contributed by atoms with Crippen molar-refractivity contribution in [2.45, 2.75) is 71.6 Å². The maximum absolute atomic E-state index is 13.8. The fourth-order valence-electron chi connectivity index (χ4n) is 4.27. The van der Waals surface area contributed by atoms with E-state index in [2.05, 4.69) is 24.5 Å². The monoisotopic (exact) mass is 579 g/mol. The second-order valence-corrected chi connectivity index (χ2v) is 11.5. The lowest BCUT2D eigenvalue weighted by Crippen LogP contribution is -2.54. The SMILES string of the molecule is CCCCC(NC(=O)NC(Cc1ccc(OCC(C)C)cc1)C(=O)O)C(=O)N(Cc1ccccc1)Cc1cccs1. The van der Waals surface area contributed by atoms with Crippen LogP contribution < -0.4 is 15.4 Å². The van der Waals surface area contributed by atoms with Crippen LogP contribution in [-0.2, 0) is 29.1 Å². The van der Waals surface area contributed by atoms with Crippen molar-refractivity contribution in [1.82, 2.24) is 15.5 Å². The lowest BCUT2D eigenvalue weighted by Gasteiger charge is -2.28. The number of benzene rings is 2. The summed E-state index contributed by atoms with van der Waals surface area (Å²) in [5.74, 6) is -0.252. The number of urea groups is 1. The normalized spacial score (nSPS) is 12.4. The number of hydrogen-bond donors (Lipinski definition) is 3. The molecule has 0 saturated carbocycles. The van der Waals surface area contributed by atoms with Crippen LogP contribution in [0.4, 0.5) is 4.79 Å². The van der Waals surface area contributed by atoms with Crippen molar-refractivity contribution in [1.29, 1.82) is 0 Å². The molecule has 2 aromatic carbocycles. The van der Waals surface area contributed by atoms with Gasteiger partial charge in [-0.15, -0.1) is 11.3 Å². The Morgan fingerprint density at radius 1 is 0.902 bits per heavy atom.